The second-order valence-electron chi connectivity index (χ2n) is 3.47. The third kappa shape index (κ3) is 18.9. The van der Waals surface area contributed by atoms with E-state index in [1.165, 1.54) is 57.8 Å². The maximum Gasteiger partial charge on any atom is -0.0533 e. The van der Waals surface area contributed by atoms with Crippen LogP contribution < -0.4 is 6.15 Å². The van der Waals surface area contributed by atoms with Gasteiger partial charge in [-0.25, -0.2) is 0 Å². The summed E-state index contributed by atoms with van der Waals surface area (Å²) in [7, 11) is 0. The molecule has 0 saturated carbocycles. The first kappa shape index (κ1) is 18.9. The van der Waals surface area contributed by atoms with Crippen molar-refractivity contribution in [1.82, 2.24) is 6.15 Å². The highest BCUT2D eigenvalue weighted by Gasteiger charge is 1.88. The number of halogens is 1. The fraction of sp³-hybridized carbons (Fsp3) is 1.00. The molecule has 2 heteroatoms. The van der Waals surface area contributed by atoms with Crippen LogP contribution >= 0.6 is 12.4 Å². The molecule has 13 heavy (non-hydrogen) atoms. The first-order chi connectivity index (χ1) is 5.41. The van der Waals surface area contributed by atoms with Crippen molar-refractivity contribution in [1.29, 1.82) is 0 Å². The van der Waals surface area contributed by atoms with Gasteiger partial charge in [-0.05, 0) is 0 Å². The Bertz CT molecular complexity index is 59.1. The van der Waals surface area contributed by atoms with Gasteiger partial charge in [0.05, 0.1) is 0 Å². The highest BCUT2D eigenvalue weighted by atomic mass is 35.5. The van der Waals surface area contributed by atoms with Gasteiger partial charge in [0, 0.05) is 0 Å². The van der Waals surface area contributed by atoms with Crippen LogP contribution in [-0.2, 0) is 0 Å². The Kier molecular flexibility index (Phi) is 26.4. The van der Waals surface area contributed by atoms with E-state index in [9.17, 15) is 0 Å². The van der Waals surface area contributed by atoms with Gasteiger partial charge in [0.15, 0.2) is 0 Å². The third-order valence-corrected chi connectivity index (χ3v) is 2.21. The Hall–Kier alpha value is 0.250. The normalized spacial score (nSPS) is 8.77. The van der Waals surface area contributed by atoms with Gasteiger partial charge in [0.25, 0.3) is 0 Å². The lowest BCUT2D eigenvalue weighted by Crippen LogP contribution is -1.79. The fourth-order valence-electron chi connectivity index (χ4n) is 1.38. The molecule has 0 bridgehead atoms. The molecular weight excluding hydrogens is 182 g/mol. The van der Waals surface area contributed by atoms with Crippen LogP contribution in [0, 0.1) is 0 Å². The smallest absolute Gasteiger partial charge is 0.0533 e. The van der Waals surface area contributed by atoms with Crippen LogP contribution in [0.15, 0.2) is 0 Å². The van der Waals surface area contributed by atoms with E-state index in [2.05, 4.69) is 13.8 Å². The van der Waals surface area contributed by atoms with E-state index >= 15 is 0 Å². The molecule has 0 fully saturated rings. The Labute approximate surface area is 90.7 Å². The average molecular weight is 210 g/mol. The molecule has 84 valence electrons. The minimum absolute atomic E-state index is 0. The highest BCUT2D eigenvalue weighted by molar-refractivity contribution is 5.85. The molecule has 3 N–H and O–H groups in total. The molecule has 0 atom stereocenters. The van der Waals surface area contributed by atoms with Crippen LogP contribution in [0.4, 0.5) is 0 Å². The van der Waals surface area contributed by atoms with Crippen molar-refractivity contribution in [2.45, 2.75) is 71.6 Å². The summed E-state index contributed by atoms with van der Waals surface area (Å²) in [4.78, 5) is 0. The van der Waals surface area contributed by atoms with Crippen LogP contribution in [0.25, 0.3) is 0 Å². The molecule has 0 unspecified atom stereocenters. The van der Waals surface area contributed by atoms with Gasteiger partial charge in [-0.1, -0.05) is 71.6 Å². The number of rotatable bonds is 8. The van der Waals surface area contributed by atoms with E-state index in [-0.39, 0.29) is 18.6 Å². The number of unbranched alkanes of at least 4 members (excludes halogenated alkanes) is 8. The summed E-state index contributed by atoms with van der Waals surface area (Å²) in [6.07, 6.45) is 13.0. The summed E-state index contributed by atoms with van der Waals surface area (Å²) in [5.41, 5.74) is 0. The molecule has 0 saturated heterocycles. The van der Waals surface area contributed by atoms with Crippen molar-refractivity contribution in [3.8, 4) is 0 Å². The van der Waals surface area contributed by atoms with Gasteiger partial charge in [-0.15, -0.1) is 12.4 Å². The molecule has 0 aromatic carbocycles. The summed E-state index contributed by atoms with van der Waals surface area (Å²) < 4.78 is 0. The molecule has 1 nitrogen and oxygen atoms in total. The largest absolute Gasteiger partial charge is 0.344 e. The van der Waals surface area contributed by atoms with E-state index < -0.39 is 0 Å². The Morgan fingerprint density at radius 3 is 1.00 bits per heavy atom. The summed E-state index contributed by atoms with van der Waals surface area (Å²) >= 11 is 0. The van der Waals surface area contributed by atoms with Crippen molar-refractivity contribution in [2.24, 2.45) is 0 Å². The van der Waals surface area contributed by atoms with Crippen LogP contribution in [-0.4, -0.2) is 0 Å². The quantitative estimate of drug-likeness (QED) is 0.554. The Balaban J connectivity index is -0.000000500. The maximum absolute atomic E-state index is 2.27. The molecule has 0 aromatic heterocycles. The molecular formula is C11H28ClN. The zero-order chi connectivity index (χ0) is 8.36. The van der Waals surface area contributed by atoms with Crippen LogP contribution in [0.2, 0.25) is 0 Å². The predicted octanol–water partition coefficient (Wildman–Crippen LogP) is 5.12. The Morgan fingerprint density at radius 1 is 0.538 bits per heavy atom. The van der Waals surface area contributed by atoms with Gasteiger partial charge in [-0.3, -0.25) is 0 Å². The first-order valence-corrected chi connectivity index (χ1v) is 5.41. The average Bonchev–Trinajstić information content (AvgIpc) is 2.03. The molecule has 0 rings (SSSR count). The molecule has 0 amide bonds. The Morgan fingerprint density at radius 2 is 0.769 bits per heavy atom. The van der Waals surface area contributed by atoms with Crippen molar-refractivity contribution in [3.63, 3.8) is 0 Å². The summed E-state index contributed by atoms with van der Waals surface area (Å²) in [5.74, 6) is 0. The lowest BCUT2D eigenvalue weighted by molar-refractivity contribution is 0.572. The molecule has 0 aliphatic rings. The van der Waals surface area contributed by atoms with Crippen molar-refractivity contribution >= 4 is 12.4 Å². The predicted molar refractivity (Wildman–Crippen MR) is 65.2 cm³/mol. The van der Waals surface area contributed by atoms with Gasteiger partial charge in [0.1, 0.15) is 0 Å². The summed E-state index contributed by atoms with van der Waals surface area (Å²) in [6, 6.07) is 0. The zero-order valence-corrected chi connectivity index (χ0v) is 10.3. The monoisotopic (exact) mass is 209 g/mol. The van der Waals surface area contributed by atoms with Crippen LogP contribution in [0.5, 0.6) is 0 Å². The minimum atomic E-state index is 0. The zero-order valence-electron chi connectivity index (χ0n) is 9.48. The second kappa shape index (κ2) is 18.1. The van der Waals surface area contributed by atoms with Crippen molar-refractivity contribution in [2.75, 3.05) is 0 Å². The molecule has 0 aromatic rings. The molecule has 0 radical (unpaired) electrons. The number of hydrogen-bond acceptors (Lipinski definition) is 1. The minimum Gasteiger partial charge on any atom is -0.344 e. The van der Waals surface area contributed by atoms with Gasteiger partial charge in [0.2, 0.25) is 0 Å². The van der Waals surface area contributed by atoms with E-state index in [0.29, 0.717) is 0 Å². The molecule has 0 heterocycles. The molecule has 0 aliphatic carbocycles. The van der Waals surface area contributed by atoms with Gasteiger partial charge in [-0.2, -0.15) is 0 Å². The van der Waals surface area contributed by atoms with E-state index in [4.69, 9.17) is 0 Å². The van der Waals surface area contributed by atoms with E-state index in [1.807, 2.05) is 0 Å². The molecule has 0 spiro atoms. The van der Waals surface area contributed by atoms with Gasteiger partial charge >= 0.3 is 0 Å². The standard InChI is InChI=1S/C11H24.ClH.H3N/c1-3-5-7-9-11-10-8-6-4-2;;/h3-11H2,1-2H3;1H;1H3. The second-order valence-corrected chi connectivity index (χ2v) is 3.47. The first-order valence-electron chi connectivity index (χ1n) is 5.41. The summed E-state index contributed by atoms with van der Waals surface area (Å²) in [6.45, 7) is 4.55. The van der Waals surface area contributed by atoms with Crippen molar-refractivity contribution in [3.05, 3.63) is 0 Å². The third-order valence-electron chi connectivity index (χ3n) is 2.21. The van der Waals surface area contributed by atoms with Gasteiger partial charge < -0.3 is 6.15 Å². The van der Waals surface area contributed by atoms with E-state index in [0.717, 1.165) is 0 Å². The maximum atomic E-state index is 2.27. The lowest BCUT2D eigenvalue weighted by Gasteiger charge is -1.98. The molecule has 0 aliphatic heterocycles. The highest BCUT2D eigenvalue weighted by Crippen LogP contribution is 2.08. The van der Waals surface area contributed by atoms with Crippen LogP contribution in [0.1, 0.15) is 71.6 Å². The summed E-state index contributed by atoms with van der Waals surface area (Å²) in [5, 5.41) is 0. The number of hydrogen-bond donors (Lipinski definition) is 1. The van der Waals surface area contributed by atoms with E-state index in [1.54, 1.807) is 0 Å². The fourth-order valence-corrected chi connectivity index (χ4v) is 1.38. The SMILES string of the molecule is CCCCCCCCCCC.Cl.N. The van der Waals surface area contributed by atoms with Crippen molar-refractivity contribution < 1.29 is 0 Å². The topological polar surface area (TPSA) is 35.0 Å². The lowest BCUT2D eigenvalue weighted by atomic mass is 10.1. The van der Waals surface area contributed by atoms with Crippen LogP contribution in [0.3, 0.4) is 0 Å².